The van der Waals surface area contributed by atoms with Crippen LogP contribution < -0.4 is 5.32 Å². The van der Waals surface area contributed by atoms with Gasteiger partial charge in [0.1, 0.15) is 6.04 Å². The molecular weight excluding hydrogens is 228 g/mol. The minimum absolute atomic E-state index is 0.0540. The van der Waals surface area contributed by atoms with Crippen molar-refractivity contribution in [2.45, 2.75) is 31.6 Å². The van der Waals surface area contributed by atoms with Crippen LogP contribution in [-0.2, 0) is 20.4 Å². The molecule has 0 aliphatic carbocycles. The molecule has 3 atom stereocenters. The van der Waals surface area contributed by atoms with Gasteiger partial charge in [0.05, 0.1) is 6.54 Å². The van der Waals surface area contributed by atoms with Crippen LogP contribution in [0.5, 0.6) is 0 Å². The number of nitrogens with zero attached hydrogens (tertiary/aromatic N) is 1. The zero-order valence-corrected chi connectivity index (χ0v) is 10.7. The fraction of sp³-hybridized carbons (Fsp3) is 0.800. The van der Waals surface area contributed by atoms with Crippen molar-refractivity contribution >= 4 is 22.6 Å². The van der Waals surface area contributed by atoms with Crippen LogP contribution in [-0.4, -0.2) is 51.6 Å². The van der Waals surface area contributed by atoms with Crippen molar-refractivity contribution in [3.63, 3.8) is 0 Å². The molecule has 92 valence electrons. The highest BCUT2D eigenvalue weighted by atomic mass is 32.2. The summed E-state index contributed by atoms with van der Waals surface area (Å²) in [5.74, 6) is -0.208. The Morgan fingerprint density at radius 2 is 2.19 bits per heavy atom. The number of rotatable bonds is 4. The fourth-order valence-electron chi connectivity index (χ4n) is 1.71. The second kappa shape index (κ2) is 5.43. The van der Waals surface area contributed by atoms with E-state index >= 15 is 0 Å². The van der Waals surface area contributed by atoms with E-state index in [0.717, 1.165) is 0 Å². The molecule has 16 heavy (non-hydrogen) atoms. The van der Waals surface area contributed by atoms with Crippen molar-refractivity contribution in [3.05, 3.63) is 0 Å². The van der Waals surface area contributed by atoms with Gasteiger partial charge >= 0.3 is 0 Å². The van der Waals surface area contributed by atoms with Crippen LogP contribution in [0.1, 0.15) is 20.3 Å². The van der Waals surface area contributed by atoms with Gasteiger partial charge in [-0.25, -0.2) is 0 Å². The first-order chi connectivity index (χ1) is 7.47. The van der Waals surface area contributed by atoms with Gasteiger partial charge in [-0.15, -0.1) is 0 Å². The predicted molar refractivity (Wildman–Crippen MR) is 62.3 cm³/mol. The third-order valence-electron chi connectivity index (χ3n) is 2.82. The minimum atomic E-state index is -0.981. The smallest absolute Gasteiger partial charge is 0.243 e. The Kier molecular flexibility index (Phi) is 4.46. The third kappa shape index (κ3) is 2.81. The van der Waals surface area contributed by atoms with Crippen molar-refractivity contribution in [3.8, 4) is 0 Å². The molecule has 0 aromatic heterocycles. The Morgan fingerprint density at radius 3 is 2.69 bits per heavy atom. The lowest BCUT2D eigenvalue weighted by Gasteiger charge is -2.35. The highest BCUT2D eigenvalue weighted by Crippen LogP contribution is 2.11. The van der Waals surface area contributed by atoms with E-state index < -0.39 is 16.8 Å². The number of nitrogens with one attached hydrogen (secondary N) is 1. The molecule has 0 aromatic rings. The highest BCUT2D eigenvalue weighted by Gasteiger charge is 2.34. The maximum Gasteiger partial charge on any atom is 0.243 e. The molecule has 5 nitrogen and oxygen atoms in total. The third-order valence-corrected chi connectivity index (χ3v) is 4.10. The quantitative estimate of drug-likeness (QED) is 0.726. The molecule has 1 aliphatic rings. The van der Waals surface area contributed by atoms with Crippen LogP contribution >= 0.6 is 0 Å². The summed E-state index contributed by atoms with van der Waals surface area (Å²) >= 11 is 0. The molecule has 1 aliphatic heterocycles. The van der Waals surface area contributed by atoms with Crippen LogP contribution in [0.3, 0.4) is 0 Å². The van der Waals surface area contributed by atoms with Crippen LogP contribution in [0.2, 0.25) is 0 Å². The number of hydrogen-bond acceptors (Lipinski definition) is 3. The molecule has 0 spiro atoms. The molecule has 1 saturated heterocycles. The van der Waals surface area contributed by atoms with Crippen molar-refractivity contribution in [1.29, 1.82) is 0 Å². The molecule has 0 saturated carbocycles. The van der Waals surface area contributed by atoms with E-state index in [1.165, 1.54) is 0 Å². The van der Waals surface area contributed by atoms with Gasteiger partial charge in [0.2, 0.25) is 11.8 Å². The van der Waals surface area contributed by atoms with E-state index in [4.69, 9.17) is 0 Å². The molecule has 1 rings (SSSR count). The van der Waals surface area contributed by atoms with E-state index in [0.29, 0.717) is 13.0 Å². The molecule has 0 aromatic carbocycles. The van der Waals surface area contributed by atoms with E-state index in [9.17, 15) is 13.8 Å². The summed E-state index contributed by atoms with van der Waals surface area (Å²) in [5.41, 5.74) is 0. The number of hydrogen-bond donors (Lipinski definition) is 1. The summed E-state index contributed by atoms with van der Waals surface area (Å²) in [7, 11) is -0.981. The van der Waals surface area contributed by atoms with Gasteiger partial charge in [-0.2, -0.15) is 0 Å². The van der Waals surface area contributed by atoms with Gasteiger partial charge < -0.3 is 10.2 Å². The van der Waals surface area contributed by atoms with E-state index in [2.05, 4.69) is 5.32 Å². The van der Waals surface area contributed by atoms with Crippen molar-refractivity contribution in [2.75, 3.05) is 19.3 Å². The Labute approximate surface area is 98.0 Å². The first-order valence-electron chi connectivity index (χ1n) is 5.36. The summed E-state index contributed by atoms with van der Waals surface area (Å²) < 4.78 is 11.3. The lowest BCUT2D eigenvalue weighted by molar-refractivity contribution is -0.145. The molecule has 1 N–H and O–H groups in total. The predicted octanol–water partition coefficient (Wildman–Crippen LogP) is -0.510. The Balaban J connectivity index is 2.76. The first-order valence-corrected chi connectivity index (χ1v) is 6.98. The number of piperazine rings is 1. The summed E-state index contributed by atoms with van der Waals surface area (Å²) in [5, 5.41) is 2.45. The summed E-state index contributed by atoms with van der Waals surface area (Å²) in [6.07, 6.45) is 2.20. The van der Waals surface area contributed by atoms with Gasteiger partial charge in [0, 0.05) is 28.9 Å². The van der Waals surface area contributed by atoms with Crippen molar-refractivity contribution in [2.24, 2.45) is 0 Å². The van der Waals surface area contributed by atoms with Crippen molar-refractivity contribution < 1.29 is 13.8 Å². The minimum Gasteiger partial charge on any atom is -0.345 e. The average molecular weight is 246 g/mol. The largest absolute Gasteiger partial charge is 0.345 e. The zero-order valence-electron chi connectivity index (χ0n) is 9.86. The lowest BCUT2D eigenvalue weighted by Crippen LogP contribution is -2.59. The SMILES string of the molecule is CCC1C(=O)NCC(=O)N1CC(C)S(C)=O. The average Bonchev–Trinajstić information content (AvgIpc) is 2.23. The van der Waals surface area contributed by atoms with Gasteiger partial charge in [-0.05, 0) is 13.3 Å². The molecule has 3 unspecified atom stereocenters. The topological polar surface area (TPSA) is 66.5 Å². The first kappa shape index (κ1) is 13.2. The molecule has 0 radical (unpaired) electrons. The van der Waals surface area contributed by atoms with E-state index in [-0.39, 0.29) is 23.6 Å². The maximum atomic E-state index is 11.7. The lowest BCUT2D eigenvalue weighted by atomic mass is 10.1. The Bertz CT molecular complexity index is 319. The molecular formula is C10H18N2O3S. The fourth-order valence-corrected chi connectivity index (χ4v) is 2.08. The summed E-state index contributed by atoms with van der Waals surface area (Å²) in [6, 6.07) is -0.410. The molecule has 1 fully saturated rings. The molecule has 6 heteroatoms. The molecule has 0 bridgehead atoms. The second-order valence-electron chi connectivity index (χ2n) is 4.00. The molecule has 1 heterocycles. The molecule has 2 amide bonds. The van der Waals surface area contributed by atoms with Crippen LogP contribution in [0.25, 0.3) is 0 Å². The van der Waals surface area contributed by atoms with Gasteiger partial charge in [0.15, 0.2) is 0 Å². The van der Waals surface area contributed by atoms with Gasteiger partial charge in [-0.1, -0.05) is 6.92 Å². The number of carbonyl (C=O) groups is 2. The number of carbonyl (C=O) groups excluding carboxylic acids is 2. The monoisotopic (exact) mass is 246 g/mol. The Morgan fingerprint density at radius 1 is 1.56 bits per heavy atom. The number of amides is 2. The second-order valence-corrected chi connectivity index (χ2v) is 5.80. The van der Waals surface area contributed by atoms with Gasteiger partial charge in [0.25, 0.3) is 0 Å². The van der Waals surface area contributed by atoms with Crippen LogP contribution in [0, 0.1) is 0 Å². The van der Waals surface area contributed by atoms with Crippen LogP contribution in [0.4, 0.5) is 0 Å². The summed E-state index contributed by atoms with van der Waals surface area (Å²) in [4.78, 5) is 24.8. The zero-order chi connectivity index (χ0) is 12.3. The van der Waals surface area contributed by atoms with E-state index in [1.54, 1.807) is 11.2 Å². The van der Waals surface area contributed by atoms with Crippen molar-refractivity contribution in [1.82, 2.24) is 10.2 Å². The van der Waals surface area contributed by atoms with Crippen LogP contribution in [0.15, 0.2) is 0 Å². The summed E-state index contributed by atoms with van der Waals surface area (Å²) in [6.45, 7) is 4.12. The normalized spacial score (nSPS) is 25.2. The van der Waals surface area contributed by atoms with Gasteiger partial charge in [-0.3, -0.25) is 13.8 Å². The maximum absolute atomic E-state index is 11.7. The standard InChI is InChI=1S/C10H18N2O3S/c1-4-8-10(14)11-5-9(13)12(8)6-7(2)16(3)15/h7-8H,4-6H2,1-3H3,(H,11,14). The Hall–Kier alpha value is -0.910. The highest BCUT2D eigenvalue weighted by molar-refractivity contribution is 7.84. The van der Waals surface area contributed by atoms with E-state index in [1.807, 2.05) is 13.8 Å².